The average Bonchev–Trinajstić information content (AvgIpc) is 2.96. The minimum absolute atomic E-state index is 0.226. The highest BCUT2D eigenvalue weighted by molar-refractivity contribution is 6.34. The van der Waals surface area contributed by atoms with Gasteiger partial charge in [0.25, 0.3) is 0 Å². The van der Waals surface area contributed by atoms with E-state index in [1.165, 1.54) is 0 Å². The molecular weight excluding hydrogens is 242 g/mol. The summed E-state index contributed by atoms with van der Waals surface area (Å²) in [7, 11) is 0. The molecule has 0 aliphatic rings. The molecule has 0 bridgehead atoms. The van der Waals surface area contributed by atoms with Crippen LogP contribution in [0.25, 0.3) is 22.3 Å². The zero-order valence-corrected chi connectivity index (χ0v) is 9.40. The summed E-state index contributed by atoms with van der Waals surface area (Å²) >= 11 is 5.91. The maximum Gasteiger partial charge on any atom is 0.240 e. The van der Waals surface area contributed by atoms with Crippen molar-refractivity contribution in [3.05, 3.63) is 29.2 Å². The van der Waals surface area contributed by atoms with Crippen molar-refractivity contribution in [2.24, 2.45) is 5.73 Å². The first-order valence-corrected chi connectivity index (χ1v) is 5.32. The molecule has 1 aromatic carbocycles. The fourth-order valence-electron chi connectivity index (χ4n) is 1.57. The van der Waals surface area contributed by atoms with Crippen molar-refractivity contribution in [3.8, 4) is 11.4 Å². The van der Waals surface area contributed by atoms with Crippen molar-refractivity contribution in [1.29, 1.82) is 0 Å². The summed E-state index contributed by atoms with van der Waals surface area (Å²) in [4.78, 5) is 4.14. The van der Waals surface area contributed by atoms with E-state index < -0.39 is 0 Å². The normalized spacial score (nSPS) is 11.2. The monoisotopic (exact) mass is 249 g/mol. The standard InChI is InChI=1S/C10H8ClN5O/c11-9-6-2-1-5(3-7(6)14-15-9)10-13-8(4-12)17-16-10/h1-3H,4,12H2,(H,14,15). The lowest BCUT2D eigenvalue weighted by atomic mass is 10.1. The molecule has 3 rings (SSSR count). The summed E-state index contributed by atoms with van der Waals surface area (Å²) in [5.41, 5.74) is 6.97. The van der Waals surface area contributed by atoms with E-state index in [4.69, 9.17) is 21.9 Å². The number of benzene rings is 1. The number of aromatic amines is 1. The van der Waals surface area contributed by atoms with E-state index in [9.17, 15) is 0 Å². The Morgan fingerprint density at radius 2 is 2.29 bits per heavy atom. The number of nitrogens with two attached hydrogens (primary N) is 1. The Bertz CT molecular complexity index is 674. The summed E-state index contributed by atoms with van der Waals surface area (Å²) in [6.45, 7) is 0.226. The number of aromatic nitrogens is 4. The highest BCUT2D eigenvalue weighted by Gasteiger charge is 2.10. The lowest BCUT2D eigenvalue weighted by Gasteiger charge is -1.93. The molecule has 0 saturated carbocycles. The molecule has 6 nitrogen and oxygen atoms in total. The van der Waals surface area contributed by atoms with E-state index in [0.717, 1.165) is 16.5 Å². The van der Waals surface area contributed by atoms with Crippen LogP contribution in [-0.2, 0) is 6.54 Å². The first-order valence-electron chi connectivity index (χ1n) is 4.94. The van der Waals surface area contributed by atoms with Gasteiger partial charge in [0.05, 0.1) is 12.1 Å². The van der Waals surface area contributed by atoms with Crippen molar-refractivity contribution in [2.45, 2.75) is 6.54 Å². The molecule has 86 valence electrons. The molecule has 7 heteroatoms. The Labute approximate surface area is 101 Å². The van der Waals surface area contributed by atoms with Gasteiger partial charge in [-0.25, -0.2) is 0 Å². The molecule has 0 unspecified atom stereocenters. The van der Waals surface area contributed by atoms with Gasteiger partial charge in [0.15, 0.2) is 0 Å². The first-order chi connectivity index (χ1) is 8.28. The summed E-state index contributed by atoms with van der Waals surface area (Å²) in [5, 5.41) is 12.0. The molecule has 0 aliphatic carbocycles. The molecule has 0 fully saturated rings. The molecule has 3 aromatic rings. The Balaban J connectivity index is 2.11. The Kier molecular flexibility index (Phi) is 2.31. The van der Waals surface area contributed by atoms with Crippen molar-refractivity contribution in [2.75, 3.05) is 0 Å². The van der Waals surface area contributed by atoms with E-state index in [2.05, 4.69) is 20.3 Å². The quantitative estimate of drug-likeness (QED) is 0.721. The lowest BCUT2D eigenvalue weighted by Crippen LogP contribution is -1.95. The topological polar surface area (TPSA) is 93.6 Å². The van der Waals surface area contributed by atoms with Crippen LogP contribution in [0.3, 0.4) is 0 Å². The van der Waals surface area contributed by atoms with Crippen LogP contribution in [0, 0.1) is 0 Å². The van der Waals surface area contributed by atoms with Gasteiger partial charge in [0.2, 0.25) is 11.7 Å². The van der Waals surface area contributed by atoms with Crippen LogP contribution in [-0.4, -0.2) is 20.3 Å². The Morgan fingerprint density at radius 3 is 3.06 bits per heavy atom. The highest BCUT2D eigenvalue weighted by Crippen LogP contribution is 2.25. The molecule has 0 aliphatic heterocycles. The van der Waals surface area contributed by atoms with E-state index in [1.54, 1.807) is 0 Å². The van der Waals surface area contributed by atoms with E-state index >= 15 is 0 Å². The number of rotatable bonds is 2. The summed E-state index contributed by atoms with van der Waals surface area (Å²) in [6.07, 6.45) is 0. The van der Waals surface area contributed by atoms with Gasteiger partial charge in [-0.2, -0.15) is 10.1 Å². The molecule has 0 saturated heterocycles. The Hall–Kier alpha value is -1.92. The predicted octanol–water partition coefficient (Wildman–Crippen LogP) is 1.72. The van der Waals surface area contributed by atoms with Crippen molar-refractivity contribution in [1.82, 2.24) is 20.3 Å². The van der Waals surface area contributed by atoms with Crippen molar-refractivity contribution in [3.63, 3.8) is 0 Å². The predicted molar refractivity (Wildman–Crippen MR) is 62.3 cm³/mol. The van der Waals surface area contributed by atoms with Gasteiger partial charge in [0, 0.05) is 10.9 Å². The Morgan fingerprint density at radius 1 is 1.41 bits per heavy atom. The third-order valence-electron chi connectivity index (χ3n) is 2.41. The van der Waals surface area contributed by atoms with Gasteiger partial charge in [-0.3, -0.25) is 5.10 Å². The summed E-state index contributed by atoms with van der Waals surface area (Å²) in [5.74, 6) is 0.895. The second-order valence-electron chi connectivity index (χ2n) is 3.49. The zero-order valence-electron chi connectivity index (χ0n) is 8.64. The van der Waals surface area contributed by atoms with E-state index in [-0.39, 0.29) is 6.54 Å². The minimum Gasteiger partial charge on any atom is -0.338 e. The van der Waals surface area contributed by atoms with Crippen LogP contribution < -0.4 is 5.73 Å². The maximum absolute atomic E-state index is 5.91. The second kappa shape index (κ2) is 3.83. The minimum atomic E-state index is 0.226. The van der Waals surface area contributed by atoms with Gasteiger partial charge >= 0.3 is 0 Å². The molecular formula is C10H8ClN5O. The fraction of sp³-hybridized carbons (Fsp3) is 0.100. The third-order valence-corrected chi connectivity index (χ3v) is 2.70. The van der Waals surface area contributed by atoms with Gasteiger partial charge in [-0.05, 0) is 12.1 Å². The van der Waals surface area contributed by atoms with Crippen LogP contribution in [0.4, 0.5) is 0 Å². The molecule has 2 aromatic heterocycles. The van der Waals surface area contributed by atoms with Crippen LogP contribution in [0.1, 0.15) is 5.89 Å². The van der Waals surface area contributed by atoms with Gasteiger partial charge < -0.3 is 10.3 Å². The zero-order chi connectivity index (χ0) is 11.8. The third kappa shape index (κ3) is 1.67. The number of hydrogen-bond acceptors (Lipinski definition) is 5. The van der Waals surface area contributed by atoms with Crippen LogP contribution in [0.15, 0.2) is 22.7 Å². The molecule has 0 atom stereocenters. The van der Waals surface area contributed by atoms with Gasteiger partial charge in [0.1, 0.15) is 5.15 Å². The molecule has 17 heavy (non-hydrogen) atoms. The lowest BCUT2D eigenvalue weighted by molar-refractivity contribution is 0.380. The molecule has 0 radical (unpaired) electrons. The second-order valence-corrected chi connectivity index (χ2v) is 3.86. The number of H-pyrrole nitrogens is 1. The number of halogens is 1. The van der Waals surface area contributed by atoms with Crippen molar-refractivity contribution >= 4 is 22.5 Å². The summed E-state index contributed by atoms with van der Waals surface area (Å²) in [6, 6.07) is 5.55. The van der Waals surface area contributed by atoms with Crippen molar-refractivity contribution < 1.29 is 4.52 Å². The SMILES string of the molecule is NCc1nc(-c2ccc3c(Cl)[nH]nc3c2)no1. The fourth-order valence-corrected chi connectivity index (χ4v) is 1.78. The first kappa shape index (κ1) is 10.2. The largest absolute Gasteiger partial charge is 0.338 e. The van der Waals surface area contributed by atoms with Crippen LogP contribution in [0.2, 0.25) is 5.15 Å². The highest BCUT2D eigenvalue weighted by atomic mass is 35.5. The van der Waals surface area contributed by atoms with Gasteiger partial charge in [-0.1, -0.05) is 22.8 Å². The maximum atomic E-state index is 5.91. The molecule has 3 N–H and O–H groups in total. The van der Waals surface area contributed by atoms with Crippen LogP contribution in [0.5, 0.6) is 0 Å². The average molecular weight is 250 g/mol. The molecule has 2 heterocycles. The van der Waals surface area contributed by atoms with Gasteiger partial charge in [-0.15, -0.1) is 0 Å². The van der Waals surface area contributed by atoms with E-state index in [1.807, 2.05) is 18.2 Å². The molecule has 0 amide bonds. The van der Waals surface area contributed by atoms with E-state index in [0.29, 0.717) is 16.9 Å². The number of nitrogens with one attached hydrogen (secondary N) is 1. The number of hydrogen-bond donors (Lipinski definition) is 2. The number of fused-ring (bicyclic) bond motifs is 1. The molecule has 0 spiro atoms. The smallest absolute Gasteiger partial charge is 0.240 e. The number of nitrogens with zero attached hydrogens (tertiary/aromatic N) is 3. The summed E-state index contributed by atoms with van der Waals surface area (Å²) < 4.78 is 4.95. The van der Waals surface area contributed by atoms with Crippen LogP contribution >= 0.6 is 11.6 Å².